The van der Waals surface area contributed by atoms with Crippen LogP contribution in [-0.4, -0.2) is 41.6 Å². The van der Waals surface area contributed by atoms with Crippen molar-refractivity contribution in [3.05, 3.63) is 11.8 Å². The third-order valence-corrected chi connectivity index (χ3v) is 5.59. The minimum absolute atomic E-state index is 0.214. The number of alkyl halides is 3. The molecule has 2 heterocycles. The Morgan fingerprint density at radius 3 is 2.39 bits per heavy atom. The van der Waals surface area contributed by atoms with Gasteiger partial charge in [-0.05, 0) is 24.3 Å². The minimum Gasteiger partial charge on any atom is -0.465 e. The average Bonchev–Trinajstić information content (AvgIpc) is 2.57. The van der Waals surface area contributed by atoms with Gasteiger partial charge < -0.3 is 9.29 Å². The Hall–Kier alpha value is -1.45. The van der Waals surface area contributed by atoms with Gasteiger partial charge in [0.2, 0.25) is 0 Å². The smallest absolute Gasteiger partial charge is 0.465 e. The average molecular weight is 357 g/mol. The fraction of sp³-hybridized carbons (Fsp3) is 0.769. The zero-order valence-corrected chi connectivity index (χ0v) is 13.7. The Labute approximate surface area is 132 Å². The highest BCUT2D eigenvalue weighted by Crippen LogP contribution is 2.53. The van der Waals surface area contributed by atoms with Gasteiger partial charge in [-0.2, -0.15) is 21.6 Å². The van der Waals surface area contributed by atoms with E-state index < -0.39 is 38.7 Å². The fourth-order valence-electron chi connectivity index (χ4n) is 3.42. The molecule has 1 N–H and O–H groups in total. The van der Waals surface area contributed by atoms with Crippen LogP contribution in [0.25, 0.3) is 0 Å². The highest BCUT2D eigenvalue weighted by atomic mass is 32.2. The van der Waals surface area contributed by atoms with Crippen molar-refractivity contribution in [2.24, 2.45) is 5.41 Å². The Morgan fingerprint density at radius 2 is 1.96 bits per heavy atom. The maximum atomic E-state index is 12.5. The van der Waals surface area contributed by atoms with Crippen molar-refractivity contribution in [1.29, 1.82) is 0 Å². The largest absolute Gasteiger partial charge is 0.534 e. The lowest BCUT2D eigenvalue weighted by Crippen LogP contribution is -2.59. The monoisotopic (exact) mass is 357 g/mol. The predicted octanol–water partition coefficient (Wildman–Crippen LogP) is 3.07. The van der Waals surface area contributed by atoms with E-state index in [0.29, 0.717) is 12.8 Å². The van der Waals surface area contributed by atoms with Crippen LogP contribution in [0.3, 0.4) is 0 Å². The second-order valence-electron chi connectivity index (χ2n) is 6.83. The van der Waals surface area contributed by atoms with Crippen LogP contribution in [0.2, 0.25) is 0 Å². The van der Waals surface area contributed by atoms with Crippen LogP contribution in [0, 0.1) is 5.41 Å². The van der Waals surface area contributed by atoms with Gasteiger partial charge >= 0.3 is 21.7 Å². The summed E-state index contributed by atoms with van der Waals surface area (Å²) in [5, 5.41) is 9.45. The number of carbonyl (C=O) groups is 1. The van der Waals surface area contributed by atoms with Gasteiger partial charge in [0, 0.05) is 6.42 Å². The van der Waals surface area contributed by atoms with Gasteiger partial charge in [-0.25, -0.2) is 4.79 Å². The van der Waals surface area contributed by atoms with Crippen molar-refractivity contribution in [2.45, 2.75) is 57.1 Å². The van der Waals surface area contributed by atoms with E-state index in [1.165, 1.54) is 4.90 Å². The van der Waals surface area contributed by atoms with E-state index in [2.05, 4.69) is 4.18 Å². The summed E-state index contributed by atoms with van der Waals surface area (Å²) < 4.78 is 64.1. The summed E-state index contributed by atoms with van der Waals surface area (Å²) in [6, 6.07) is -0.695. The first-order valence-electron chi connectivity index (χ1n) is 6.95. The van der Waals surface area contributed by atoms with Crippen LogP contribution in [0.4, 0.5) is 18.0 Å². The molecule has 0 radical (unpaired) electrons. The van der Waals surface area contributed by atoms with Gasteiger partial charge in [-0.15, -0.1) is 0 Å². The Morgan fingerprint density at radius 1 is 1.39 bits per heavy atom. The zero-order chi connectivity index (χ0) is 17.8. The first kappa shape index (κ1) is 17.9. The van der Waals surface area contributed by atoms with E-state index in [1.807, 2.05) is 0 Å². The lowest BCUT2D eigenvalue weighted by atomic mass is 9.69. The molecule has 1 fully saturated rings. The SMILES string of the molecule is CC(C)(C)C12CCC(C=C(OS(=O)(=O)C(F)(F)F)C1)N2C(=O)O. The molecular formula is C13H18F3NO5S. The molecular weight excluding hydrogens is 339 g/mol. The van der Waals surface area contributed by atoms with Crippen LogP contribution in [0.5, 0.6) is 0 Å². The lowest BCUT2D eigenvalue weighted by Gasteiger charge is -2.50. The van der Waals surface area contributed by atoms with E-state index in [0.717, 1.165) is 6.08 Å². The number of nitrogens with zero attached hydrogens (tertiary/aromatic N) is 1. The number of fused-ring (bicyclic) bond motifs is 2. The standard InChI is InChI=1S/C13H18F3NO5S/c1-11(2,3)12-5-4-8(17(12)10(18)19)6-9(7-12)22-23(20,21)13(14,15)16/h6,8H,4-5,7H2,1-3H3,(H,18,19). The normalized spacial score (nSPS) is 28.5. The molecule has 0 aromatic rings. The van der Waals surface area contributed by atoms with Crippen molar-refractivity contribution in [3.8, 4) is 0 Å². The Kier molecular flexibility index (Phi) is 3.91. The van der Waals surface area contributed by atoms with Crippen LogP contribution in [0.1, 0.15) is 40.0 Å². The number of rotatable bonds is 2. The molecule has 2 unspecified atom stereocenters. The molecule has 0 spiro atoms. The molecule has 2 atom stereocenters. The topological polar surface area (TPSA) is 83.9 Å². The van der Waals surface area contributed by atoms with Gasteiger partial charge in [-0.3, -0.25) is 4.90 Å². The third kappa shape index (κ3) is 2.77. The Bertz CT molecular complexity index is 650. The van der Waals surface area contributed by atoms with Gasteiger partial charge in [-0.1, -0.05) is 20.8 Å². The molecule has 23 heavy (non-hydrogen) atoms. The summed E-state index contributed by atoms with van der Waals surface area (Å²) in [4.78, 5) is 12.8. The molecule has 1 saturated heterocycles. The lowest BCUT2D eigenvalue weighted by molar-refractivity contribution is -0.0539. The first-order chi connectivity index (χ1) is 10.2. The minimum atomic E-state index is -5.76. The first-order valence-corrected chi connectivity index (χ1v) is 8.36. The summed E-state index contributed by atoms with van der Waals surface area (Å²) in [5.41, 5.74) is -7.13. The second kappa shape index (κ2) is 5.02. The van der Waals surface area contributed by atoms with E-state index in [-0.39, 0.29) is 12.2 Å². The highest BCUT2D eigenvalue weighted by Gasteiger charge is 2.59. The molecule has 2 rings (SSSR count). The maximum absolute atomic E-state index is 12.5. The molecule has 0 saturated carbocycles. The molecule has 0 aliphatic carbocycles. The zero-order valence-electron chi connectivity index (χ0n) is 12.8. The highest BCUT2D eigenvalue weighted by molar-refractivity contribution is 7.87. The summed E-state index contributed by atoms with van der Waals surface area (Å²) in [6.07, 6.45) is 0.588. The summed E-state index contributed by atoms with van der Waals surface area (Å²) in [5.74, 6) is -0.350. The van der Waals surface area contributed by atoms with E-state index >= 15 is 0 Å². The fourth-order valence-corrected chi connectivity index (χ4v) is 3.91. The maximum Gasteiger partial charge on any atom is 0.534 e. The summed E-state index contributed by atoms with van der Waals surface area (Å²) >= 11 is 0. The van der Waals surface area contributed by atoms with E-state index in [1.54, 1.807) is 20.8 Å². The molecule has 10 heteroatoms. The molecule has 2 aliphatic rings. The van der Waals surface area contributed by atoms with Gasteiger partial charge in [0.25, 0.3) is 0 Å². The summed E-state index contributed by atoms with van der Waals surface area (Å²) in [6.45, 7) is 5.31. The van der Waals surface area contributed by atoms with E-state index in [4.69, 9.17) is 0 Å². The van der Waals surface area contributed by atoms with Crippen molar-refractivity contribution >= 4 is 16.2 Å². The molecule has 6 nitrogen and oxygen atoms in total. The Balaban J connectivity index is 2.42. The van der Waals surface area contributed by atoms with Gasteiger partial charge in [0.05, 0.1) is 11.6 Å². The molecule has 2 bridgehead atoms. The van der Waals surface area contributed by atoms with Gasteiger partial charge in [0.15, 0.2) is 0 Å². The summed E-state index contributed by atoms with van der Waals surface area (Å²) in [7, 11) is -5.76. The third-order valence-electron chi connectivity index (χ3n) is 4.59. The van der Waals surface area contributed by atoms with Crippen LogP contribution in [0.15, 0.2) is 11.8 Å². The molecule has 1 amide bonds. The number of amides is 1. The molecule has 132 valence electrons. The quantitative estimate of drug-likeness (QED) is 0.606. The number of hydrogen-bond acceptors (Lipinski definition) is 4. The van der Waals surface area contributed by atoms with Crippen LogP contribution in [-0.2, 0) is 14.3 Å². The second-order valence-corrected chi connectivity index (χ2v) is 8.37. The van der Waals surface area contributed by atoms with Gasteiger partial charge in [0.1, 0.15) is 5.76 Å². The van der Waals surface area contributed by atoms with Crippen LogP contribution >= 0.6 is 0 Å². The van der Waals surface area contributed by atoms with Crippen molar-refractivity contribution < 1.29 is 35.7 Å². The van der Waals surface area contributed by atoms with E-state index in [9.17, 15) is 31.5 Å². The predicted molar refractivity (Wildman–Crippen MR) is 73.8 cm³/mol. The number of hydrogen-bond donors (Lipinski definition) is 1. The molecule has 2 aliphatic heterocycles. The van der Waals surface area contributed by atoms with Crippen molar-refractivity contribution in [2.75, 3.05) is 0 Å². The van der Waals surface area contributed by atoms with Crippen LogP contribution < -0.4 is 0 Å². The van der Waals surface area contributed by atoms with Crippen molar-refractivity contribution in [3.63, 3.8) is 0 Å². The molecule has 0 aromatic heterocycles. The number of carboxylic acid groups (broad SMARTS) is 1. The molecule has 0 aromatic carbocycles. The van der Waals surface area contributed by atoms with Crippen molar-refractivity contribution in [1.82, 2.24) is 4.90 Å². The number of halogens is 3.